The number of amides is 2. The highest BCUT2D eigenvalue weighted by atomic mass is 32.2. The maximum Gasteiger partial charge on any atom is 0.356 e. The van der Waals surface area contributed by atoms with Gasteiger partial charge in [-0.05, 0) is 48.1 Å². The van der Waals surface area contributed by atoms with Crippen LogP contribution in [0.5, 0.6) is 0 Å². The van der Waals surface area contributed by atoms with Crippen LogP contribution in [0.25, 0.3) is 0 Å². The summed E-state index contributed by atoms with van der Waals surface area (Å²) in [6.07, 6.45) is -0.410. The third kappa shape index (κ3) is 5.47. The van der Waals surface area contributed by atoms with E-state index in [1.165, 1.54) is 28.4 Å². The molecule has 3 atom stereocenters. The van der Waals surface area contributed by atoms with Crippen molar-refractivity contribution in [2.24, 2.45) is 5.73 Å². The molecule has 2 aromatic carbocycles. The zero-order valence-corrected chi connectivity index (χ0v) is 24.3. The number of fused-ring (bicyclic) bond motifs is 1. The molecule has 3 N–H and O–H groups in total. The predicted molar refractivity (Wildman–Crippen MR) is 154 cm³/mol. The van der Waals surface area contributed by atoms with Crippen LogP contribution < -0.4 is 11.1 Å². The van der Waals surface area contributed by atoms with E-state index in [1.807, 2.05) is 86.6 Å². The smallest absolute Gasteiger partial charge is 0.356 e. The molecule has 5 rings (SSSR count). The molecule has 0 radical (unpaired) electrons. The normalized spacial score (nSPS) is 21.0. The Labute approximate surface area is 245 Å². The molecule has 2 aliphatic heterocycles. The molecule has 3 heterocycles. The molecular weight excluding hydrogens is 564 g/mol. The minimum absolute atomic E-state index is 0.0993. The zero-order chi connectivity index (χ0) is 29.1. The topological polar surface area (TPSA) is 149 Å². The lowest BCUT2D eigenvalue weighted by molar-refractivity contribution is -0.160. The van der Waals surface area contributed by atoms with Crippen molar-refractivity contribution in [3.05, 3.63) is 83.1 Å². The fourth-order valence-electron chi connectivity index (χ4n) is 4.61. The van der Waals surface area contributed by atoms with E-state index in [2.05, 4.69) is 20.8 Å². The summed E-state index contributed by atoms with van der Waals surface area (Å²) < 4.78 is 7.85. The van der Waals surface area contributed by atoms with E-state index in [9.17, 15) is 14.4 Å². The number of esters is 1. The molecule has 2 amide bonds. The molecule has 1 saturated heterocycles. The lowest BCUT2D eigenvalue weighted by atomic mass is 9.96. The average Bonchev–Trinajstić information content (AvgIpc) is 3.47. The van der Waals surface area contributed by atoms with Gasteiger partial charge in [0.15, 0.2) is 6.10 Å². The van der Waals surface area contributed by atoms with Gasteiger partial charge in [-0.2, -0.15) is 0 Å². The molecule has 3 aromatic rings. The molecule has 1 unspecified atom stereocenters. The third-order valence-electron chi connectivity index (χ3n) is 7.05. The first kappa shape index (κ1) is 28.8. The molecule has 0 saturated carbocycles. The number of rotatable bonds is 11. The average molecular weight is 595 g/mol. The van der Waals surface area contributed by atoms with Crippen LogP contribution in [-0.2, 0) is 19.1 Å². The Hall–Kier alpha value is -3.72. The second-order valence-electron chi connectivity index (χ2n) is 9.82. The predicted octanol–water partition coefficient (Wildman–Crippen LogP) is 1.75. The number of ether oxygens (including phenoxy) is 1. The maximum atomic E-state index is 14.0. The van der Waals surface area contributed by atoms with Gasteiger partial charge in [0.25, 0.3) is 5.91 Å². The Morgan fingerprint density at radius 3 is 2.44 bits per heavy atom. The number of aromatic nitrogens is 4. The van der Waals surface area contributed by atoms with Gasteiger partial charge in [0.05, 0.1) is 0 Å². The van der Waals surface area contributed by atoms with Crippen LogP contribution in [0, 0.1) is 0 Å². The Bertz CT molecular complexity index is 1410. The van der Waals surface area contributed by atoms with Gasteiger partial charge < -0.3 is 10.1 Å². The minimum Gasteiger partial charge on any atom is -0.448 e. The summed E-state index contributed by atoms with van der Waals surface area (Å²) in [6, 6.07) is 18.8. The third-order valence-corrected chi connectivity index (χ3v) is 9.48. The summed E-state index contributed by atoms with van der Waals surface area (Å²) in [4.78, 5) is 41.9. The van der Waals surface area contributed by atoms with Gasteiger partial charge in [-0.25, -0.2) is 9.48 Å². The summed E-state index contributed by atoms with van der Waals surface area (Å²) in [7, 11) is 3.85. The number of hydrogen-bond donors (Lipinski definition) is 2. The Morgan fingerprint density at radius 2 is 1.85 bits per heavy atom. The number of nitrogens with two attached hydrogens (primary N) is 1. The molecule has 1 aromatic heterocycles. The van der Waals surface area contributed by atoms with Gasteiger partial charge >= 0.3 is 5.97 Å². The van der Waals surface area contributed by atoms with Crippen LogP contribution in [0.4, 0.5) is 0 Å². The fraction of sp³-hybridized carbons (Fsp3) is 0.333. The van der Waals surface area contributed by atoms with Crippen LogP contribution in [0.2, 0.25) is 0 Å². The summed E-state index contributed by atoms with van der Waals surface area (Å²) >= 11 is 2.73. The number of tetrazole rings is 1. The molecule has 12 nitrogen and oxygen atoms in total. The highest BCUT2D eigenvalue weighted by Gasteiger charge is 2.63. The number of carbonyl (C=O) groups excluding carboxylic acids is 3. The van der Waals surface area contributed by atoms with Gasteiger partial charge in [0, 0.05) is 11.5 Å². The molecule has 0 bridgehead atoms. The van der Waals surface area contributed by atoms with E-state index in [1.54, 1.807) is 4.68 Å². The largest absolute Gasteiger partial charge is 0.448 e. The standard InChI is InChI=1S/C27H30N8O4S2/c1-17(33(2)3)35-26(30-31-32-35)41-15-20-14-40-25-27(28,29-16-36)24(38)34(25)21(20)23(37)39-22(18-10-6-4-7-11-18)19-12-8-5-9-13-19/h4-13,16-17,22,25H,14-15,28H2,1-3H3,(H,29,36)/t17?,25-,27-/m0/s1. The highest BCUT2D eigenvalue weighted by Crippen LogP contribution is 2.45. The molecule has 214 valence electrons. The highest BCUT2D eigenvalue weighted by molar-refractivity contribution is 8.01. The second kappa shape index (κ2) is 12.0. The van der Waals surface area contributed by atoms with E-state index in [0.717, 1.165) is 11.1 Å². The van der Waals surface area contributed by atoms with Gasteiger partial charge in [0.1, 0.15) is 17.2 Å². The fourth-order valence-corrected chi connectivity index (χ4v) is 7.07. The number of hydrogen-bond acceptors (Lipinski definition) is 11. The molecule has 0 spiro atoms. The van der Waals surface area contributed by atoms with Crippen molar-refractivity contribution >= 4 is 41.8 Å². The first-order chi connectivity index (χ1) is 19.8. The lowest BCUT2D eigenvalue weighted by Gasteiger charge is -2.55. The second-order valence-corrected chi connectivity index (χ2v) is 11.8. The first-order valence-corrected chi connectivity index (χ1v) is 14.8. The van der Waals surface area contributed by atoms with Gasteiger partial charge in [-0.3, -0.25) is 25.1 Å². The van der Waals surface area contributed by atoms with Crippen molar-refractivity contribution in [3.63, 3.8) is 0 Å². The SMILES string of the molecule is CC(N(C)C)n1nnnc1SCC1=C(C(=O)OC(c2ccccc2)c2ccccc2)N2C(=O)[C@](N)(NC=O)[C@@H]2SC1. The molecule has 41 heavy (non-hydrogen) atoms. The van der Waals surface area contributed by atoms with Crippen molar-refractivity contribution < 1.29 is 19.1 Å². The van der Waals surface area contributed by atoms with E-state index in [-0.39, 0.29) is 11.9 Å². The van der Waals surface area contributed by atoms with Crippen LogP contribution >= 0.6 is 23.5 Å². The maximum absolute atomic E-state index is 14.0. The van der Waals surface area contributed by atoms with E-state index in [4.69, 9.17) is 10.5 Å². The van der Waals surface area contributed by atoms with Crippen molar-refractivity contribution in [2.75, 3.05) is 25.6 Å². The summed E-state index contributed by atoms with van der Waals surface area (Å²) in [6.45, 7) is 1.97. The van der Waals surface area contributed by atoms with Crippen molar-refractivity contribution in [1.29, 1.82) is 0 Å². The zero-order valence-electron chi connectivity index (χ0n) is 22.7. The number of nitrogens with zero attached hydrogens (tertiary/aromatic N) is 6. The Morgan fingerprint density at radius 1 is 1.22 bits per heavy atom. The van der Waals surface area contributed by atoms with Gasteiger partial charge in [0.2, 0.25) is 17.2 Å². The lowest BCUT2D eigenvalue weighted by Crippen LogP contribution is -2.83. The van der Waals surface area contributed by atoms with Crippen LogP contribution in [0.15, 0.2) is 77.1 Å². The number of nitrogens with one attached hydrogen (secondary N) is 1. The van der Waals surface area contributed by atoms with Crippen LogP contribution in [-0.4, -0.2) is 84.9 Å². The molecule has 1 fully saturated rings. The van der Waals surface area contributed by atoms with E-state index >= 15 is 0 Å². The monoisotopic (exact) mass is 594 g/mol. The molecule has 2 aliphatic rings. The minimum atomic E-state index is -1.61. The number of carbonyl (C=O) groups is 3. The summed E-state index contributed by atoms with van der Waals surface area (Å²) in [5.41, 5.74) is 7.02. The number of β-lactam (4-membered cyclic amide) rings is 1. The first-order valence-electron chi connectivity index (χ1n) is 12.8. The molecule has 14 heteroatoms. The molecule has 0 aliphatic carbocycles. The summed E-state index contributed by atoms with van der Waals surface area (Å²) in [5.74, 6) is -0.531. The van der Waals surface area contributed by atoms with Crippen molar-refractivity contribution in [3.8, 4) is 0 Å². The van der Waals surface area contributed by atoms with Gasteiger partial charge in [-0.1, -0.05) is 72.4 Å². The van der Waals surface area contributed by atoms with E-state index < -0.39 is 29.0 Å². The van der Waals surface area contributed by atoms with E-state index in [0.29, 0.717) is 28.6 Å². The Balaban J connectivity index is 1.49. The van der Waals surface area contributed by atoms with Crippen molar-refractivity contribution in [2.45, 2.75) is 35.4 Å². The van der Waals surface area contributed by atoms with Crippen LogP contribution in [0.1, 0.15) is 30.3 Å². The Kier molecular flexibility index (Phi) is 8.45. The number of benzene rings is 2. The van der Waals surface area contributed by atoms with Gasteiger partial charge in [-0.15, -0.1) is 16.9 Å². The number of thioether (sulfide) groups is 2. The van der Waals surface area contributed by atoms with Crippen LogP contribution in [0.3, 0.4) is 0 Å². The van der Waals surface area contributed by atoms with Crippen molar-refractivity contribution in [1.82, 2.24) is 35.3 Å². The summed E-state index contributed by atoms with van der Waals surface area (Å²) in [5, 5.41) is 14.4. The molecular formula is C27H30N8O4S2. The quantitative estimate of drug-likeness (QED) is 0.110.